The van der Waals surface area contributed by atoms with Crippen LogP contribution in [0, 0.1) is 0 Å². The molecule has 8 heteroatoms. The minimum atomic E-state index is -3.65. The molecule has 1 aliphatic carbocycles. The van der Waals surface area contributed by atoms with Gasteiger partial charge in [-0.25, -0.2) is 23.1 Å². The molecule has 6 nitrogen and oxygen atoms in total. The van der Waals surface area contributed by atoms with E-state index in [0.29, 0.717) is 10.9 Å². The van der Waals surface area contributed by atoms with E-state index in [4.69, 9.17) is 11.6 Å². The van der Waals surface area contributed by atoms with E-state index in [2.05, 4.69) is 19.7 Å². The highest BCUT2D eigenvalue weighted by atomic mass is 35.5. The average Bonchev–Trinajstić information content (AvgIpc) is 3.38. The second kappa shape index (κ2) is 5.77. The Kier molecular flexibility index (Phi) is 3.71. The Bertz CT molecular complexity index is 1020. The highest BCUT2D eigenvalue weighted by Crippen LogP contribution is 2.32. The lowest BCUT2D eigenvalue weighted by molar-refractivity contribution is 0.581. The number of sulfonamides is 1. The third-order valence-corrected chi connectivity index (χ3v) is 5.91. The third kappa shape index (κ3) is 2.86. The minimum Gasteiger partial charge on any atom is -0.255 e. The first kappa shape index (κ1) is 15.4. The highest BCUT2D eigenvalue weighted by molar-refractivity contribution is 7.89. The molecule has 1 N–H and O–H groups in total. The van der Waals surface area contributed by atoms with Crippen molar-refractivity contribution < 1.29 is 8.42 Å². The molecule has 1 aliphatic rings. The molecule has 0 atom stereocenters. The lowest BCUT2D eigenvalue weighted by Gasteiger charge is -2.10. The zero-order valence-electron chi connectivity index (χ0n) is 12.5. The SMILES string of the molecule is O=S(=O)(NC1CC1)c1cnc2cc(-c3cncnc3)ccc2c1Cl. The van der Waals surface area contributed by atoms with E-state index < -0.39 is 10.0 Å². The Morgan fingerprint density at radius 3 is 2.54 bits per heavy atom. The molecule has 0 bridgehead atoms. The van der Waals surface area contributed by atoms with Gasteiger partial charge in [0.05, 0.1) is 10.5 Å². The molecule has 1 fully saturated rings. The molecule has 122 valence electrons. The monoisotopic (exact) mass is 360 g/mol. The van der Waals surface area contributed by atoms with Gasteiger partial charge < -0.3 is 0 Å². The highest BCUT2D eigenvalue weighted by Gasteiger charge is 2.30. The van der Waals surface area contributed by atoms with E-state index in [1.165, 1.54) is 12.5 Å². The first-order chi connectivity index (χ1) is 11.5. The molecular formula is C16H13ClN4O2S. The molecule has 2 aromatic heterocycles. The topological polar surface area (TPSA) is 84.8 Å². The second-order valence-electron chi connectivity index (χ2n) is 5.69. The maximum atomic E-state index is 12.4. The van der Waals surface area contributed by atoms with Crippen molar-refractivity contribution in [2.45, 2.75) is 23.8 Å². The molecule has 0 spiro atoms. The molecule has 0 saturated heterocycles. The maximum absolute atomic E-state index is 12.4. The van der Waals surface area contributed by atoms with Gasteiger partial charge in [-0.15, -0.1) is 0 Å². The van der Waals surface area contributed by atoms with Crippen molar-refractivity contribution in [3.8, 4) is 11.1 Å². The average molecular weight is 361 g/mol. The molecule has 0 amide bonds. The summed E-state index contributed by atoms with van der Waals surface area (Å²) >= 11 is 6.34. The number of aromatic nitrogens is 3. The van der Waals surface area contributed by atoms with Crippen LogP contribution in [-0.4, -0.2) is 29.4 Å². The zero-order chi connectivity index (χ0) is 16.7. The summed E-state index contributed by atoms with van der Waals surface area (Å²) in [6.45, 7) is 0. The fraction of sp³-hybridized carbons (Fsp3) is 0.188. The number of rotatable bonds is 4. The molecule has 4 rings (SSSR count). The standard InChI is InChI=1S/C16H13ClN4O2S/c17-16-13-4-1-10(11-6-18-9-19-7-11)5-14(13)20-8-15(16)24(22,23)21-12-2-3-12/h1,4-9,12,21H,2-3H2. The largest absolute Gasteiger partial charge is 0.255 e. The van der Waals surface area contributed by atoms with E-state index in [9.17, 15) is 8.42 Å². The summed E-state index contributed by atoms with van der Waals surface area (Å²) < 4.78 is 27.4. The predicted molar refractivity (Wildman–Crippen MR) is 91.1 cm³/mol. The Balaban J connectivity index is 1.80. The predicted octanol–water partition coefficient (Wildman–Crippen LogP) is 2.79. The van der Waals surface area contributed by atoms with Gasteiger partial charge in [0.2, 0.25) is 10.0 Å². The quantitative estimate of drug-likeness (QED) is 0.773. The van der Waals surface area contributed by atoms with Crippen LogP contribution in [0.1, 0.15) is 12.8 Å². The summed E-state index contributed by atoms with van der Waals surface area (Å²) in [6.07, 6.45) is 7.90. The zero-order valence-corrected chi connectivity index (χ0v) is 14.0. The summed E-state index contributed by atoms with van der Waals surface area (Å²) in [4.78, 5) is 12.3. The van der Waals surface area contributed by atoms with Crippen molar-refractivity contribution in [3.05, 3.63) is 48.1 Å². The number of benzene rings is 1. The number of halogens is 1. The summed E-state index contributed by atoms with van der Waals surface area (Å²) in [6, 6.07) is 5.47. The van der Waals surface area contributed by atoms with Gasteiger partial charge >= 0.3 is 0 Å². The molecule has 3 aromatic rings. The Labute approximate surface area is 144 Å². The van der Waals surface area contributed by atoms with Gasteiger partial charge in [-0.05, 0) is 24.5 Å². The normalized spacial score (nSPS) is 14.9. The molecule has 1 aromatic carbocycles. The Morgan fingerprint density at radius 1 is 1.08 bits per heavy atom. The van der Waals surface area contributed by atoms with Crippen LogP contribution in [0.15, 0.2) is 48.0 Å². The number of nitrogens with zero attached hydrogens (tertiary/aromatic N) is 3. The van der Waals surface area contributed by atoms with E-state index in [0.717, 1.165) is 24.0 Å². The Hall–Kier alpha value is -2.09. The van der Waals surface area contributed by atoms with E-state index in [1.54, 1.807) is 18.5 Å². The fourth-order valence-corrected chi connectivity index (χ4v) is 4.29. The van der Waals surface area contributed by atoms with Crippen LogP contribution in [0.2, 0.25) is 5.02 Å². The Morgan fingerprint density at radius 2 is 1.83 bits per heavy atom. The third-order valence-electron chi connectivity index (χ3n) is 3.85. The van der Waals surface area contributed by atoms with Gasteiger partial charge in [0, 0.05) is 35.6 Å². The molecule has 0 aliphatic heterocycles. The molecule has 24 heavy (non-hydrogen) atoms. The molecule has 0 radical (unpaired) electrons. The minimum absolute atomic E-state index is 0.0133. The van der Waals surface area contributed by atoms with Crippen molar-refractivity contribution >= 4 is 32.5 Å². The second-order valence-corrected chi connectivity index (χ2v) is 7.75. The van der Waals surface area contributed by atoms with E-state index in [1.807, 2.05) is 12.1 Å². The van der Waals surface area contributed by atoms with Gasteiger partial charge in [0.1, 0.15) is 11.2 Å². The van der Waals surface area contributed by atoms with Crippen LogP contribution < -0.4 is 4.72 Å². The first-order valence-corrected chi connectivity index (χ1v) is 9.27. The number of hydrogen-bond acceptors (Lipinski definition) is 5. The summed E-state index contributed by atoms with van der Waals surface area (Å²) in [5, 5.41) is 0.778. The van der Waals surface area contributed by atoms with E-state index in [-0.39, 0.29) is 16.0 Å². The fourth-order valence-electron chi connectivity index (χ4n) is 2.44. The van der Waals surface area contributed by atoms with Gasteiger partial charge in [-0.1, -0.05) is 23.7 Å². The summed E-state index contributed by atoms with van der Waals surface area (Å²) in [5.41, 5.74) is 2.36. The van der Waals surface area contributed by atoms with Crippen molar-refractivity contribution in [1.82, 2.24) is 19.7 Å². The maximum Gasteiger partial charge on any atom is 0.243 e. The van der Waals surface area contributed by atoms with Crippen LogP contribution in [0.25, 0.3) is 22.0 Å². The number of nitrogens with one attached hydrogen (secondary N) is 1. The van der Waals surface area contributed by atoms with Crippen LogP contribution in [0.3, 0.4) is 0 Å². The molecule has 1 saturated carbocycles. The first-order valence-electron chi connectivity index (χ1n) is 7.40. The molecule has 0 unspecified atom stereocenters. The summed E-state index contributed by atoms with van der Waals surface area (Å²) in [7, 11) is -3.65. The van der Waals surface area contributed by atoms with Crippen molar-refractivity contribution in [2.75, 3.05) is 0 Å². The van der Waals surface area contributed by atoms with Crippen LogP contribution in [0.4, 0.5) is 0 Å². The number of hydrogen-bond donors (Lipinski definition) is 1. The van der Waals surface area contributed by atoms with Gasteiger partial charge in [-0.2, -0.15) is 0 Å². The van der Waals surface area contributed by atoms with Crippen molar-refractivity contribution in [3.63, 3.8) is 0 Å². The number of fused-ring (bicyclic) bond motifs is 1. The number of pyridine rings is 1. The summed E-state index contributed by atoms with van der Waals surface area (Å²) in [5.74, 6) is 0. The lowest BCUT2D eigenvalue weighted by Crippen LogP contribution is -2.26. The van der Waals surface area contributed by atoms with Crippen LogP contribution >= 0.6 is 11.6 Å². The van der Waals surface area contributed by atoms with E-state index >= 15 is 0 Å². The van der Waals surface area contributed by atoms with Crippen LogP contribution in [0.5, 0.6) is 0 Å². The smallest absolute Gasteiger partial charge is 0.243 e. The van der Waals surface area contributed by atoms with Gasteiger partial charge in [0.25, 0.3) is 0 Å². The van der Waals surface area contributed by atoms with Gasteiger partial charge in [-0.3, -0.25) is 4.98 Å². The van der Waals surface area contributed by atoms with Crippen molar-refractivity contribution in [1.29, 1.82) is 0 Å². The molecular weight excluding hydrogens is 348 g/mol. The van der Waals surface area contributed by atoms with Gasteiger partial charge in [0.15, 0.2) is 0 Å². The molecule has 2 heterocycles. The van der Waals surface area contributed by atoms with Crippen molar-refractivity contribution in [2.24, 2.45) is 0 Å². The lowest BCUT2D eigenvalue weighted by atomic mass is 10.1. The van der Waals surface area contributed by atoms with Crippen LogP contribution in [-0.2, 0) is 10.0 Å².